The van der Waals surface area contributed by atoms with E-state index in [1.165, 1.54) is 12.1 Å². The molecule has 19 heavy (non-hydrogen) atoms. The lowest BCUT2D eigenvalue weighted by atomic mass is 10.1. The Morgan fingerprint density at radius 1 is 1.42 bits per heavy atom. The van der Waals surface area contributed by atoms with Crippen LogP contribution >= 0.6 is 0 Å². The second-order valence-electron chi connectivity index (χ2n) is 4.90. The van der Waals surface area contributed by atoms with Crippen LogP contribution in [0.25, 0.3) is 0 Å². The highest BCUT2D eigenvalue weighted by atomic mass is 19.1. The zero-order chi connectivity index (χ0) is 13.7. The molecule has 1 saturated heterocycles. The van der Waals surface area contributed by atoms with Crippen LogP contribution in [-0.4, -0.2) is 25.5 Å². The Balaban J connectivity index is 1.73. The van der Waals surface area contributed by atoms with Gasteiger partial charge in [-0.15, -0.1) is 0 Å². The number of benzene rings is 1. The fourth-order valence-electron chi connectivity index (χ4n) is 2.21. The Morgan fingerprint density at radius 2 is 2.26 bits per heavy atom. The van der Waals surface area contributed by atoms with Crippen LogP contribution in [0.2, 0.25) is 0 Å². The van der Waals surface area contributed by atoms with Gasteiger partial charge >= 0.3 is 0 Å². The molecule has 1 aliphatic rings. The predicted molar refractivity (Wildman–Crippen MR) is 68.7 cm³/mol. The van der Waals surface area contributed by atoms with E-state index in [1.54, 1.807) is 0 Å². The molecule has 1 fully saturated rings. The first-order valence-corrected chi connectivity index (χ1v) is 6.56. The van der Waals surface area contributed by atoms with Crippen LogP contribution in [-0.2, 0) is 11.2 Å². The molecule has 2 rings (SSSR count). The Hall–Kier alpha value is -1.49. The molecular formula is C14H18F2N2O. The van der Waals surface area contributed by atoms with Gasteiger partial charge in [-0.25, -0.2) is 8.78 Å². The highest BCUT2D eigenvalue weighted by Gasteiger charge is 2.15. The van der Waals surface area contributed by atoms with Gasteiger partial charge in [-0.3, -0.25) is 4.79 Å². The molecule has 0 saturated carbocycles. The monoisotopic (exact) mass is 268 g/mol. The zero-order valence-corrected chi connectivity index (χ0v) is 10.7. The molecule has 0 aromatic heterocycles. The molecule has 5 heteroatoms. The third-order valence-corrected chi connectivity index (χ3v) is 3.39. The lowest BCUT2D eigenvalue weighted by Crippen LogP contribution is -2.30. The molecular weight excluding hydrogens is 250 g/mol. The largest absolute Gasteiger partial charge is 0.356 e. The molecule has 1 amide bonds. The first-order chi connectivity index (χ1) is 9.15. The Kier molecular flexibility index (Phi) is 4.85. The van der Waals surface area contributed by atoms with Crippen LogP contribution in [0.5, 0.6) is 0 Å². The van der Waals surface area contributed by atoms with Crippen LogP contribution in [0.15, 0.2) is 18.2 Å². The van der Waals surface area contributed by atoms with E-state index in [0.29, 0.717) is 24.4 Å². The third-order valence-electron chi connectivity index (χ3n) is 3.39. The minimum Gasteiger partial charge on any atom is -0.356 e. The molecule has 0 radical (unpaired) electrons. The molecule has 2 N–H and O–H groups in total. The van der Waals surface area contributed by atoms with Gasteiger partial charge in [0.25, 0.3) is 0 Å². The van der Waals surface area contributed by atoms with Crippen LogP contribution in [0.1, 0.15) is 18.4 Å². The van der Waals surface area contributed by atoms with Crippen molar-refractivity contribution in [1.82, 2.24) is 10.6 Å². The van der Waals surface area contributed by atoms with E-state index < -0.39 is 11.6 Å². The van der Waals surface area contributed by atoms with Gasteiger partial charge < -0.3 is 10.6 Å². The highest BCUT2D eigenvalue weighted by molar-refractivity contribution is 5.76. The quantitative estimate of drug-likeness (QED) is 0.852. The molecule has 1 aliphatic heterocycles. The average Bonchev–Trinajstić information content (AvgIpc) is 2.88. The summed E-state index contributed by atoms with van der Waals surface area (Å²) in [6.07, 6.45) is 1.59. The first kappa shape index (κ1) is 13.9. The standard InChI is InChI=1S/C14H18F2N2O/c15-12-3-1-11(13(16)7-12)2-4-14(19)18-9-10-5-6-17-8-10/h1,3,7,10,17H,2,4-6,8-9H2,(H,18,19). The molecule has 1 heterocycles. The number of carbonyl (C=O) groups is 1. The number of carbonyl (C=O) groups excluding carboxylic acids is 1. The minimum atomic E-state index is -0.598. The van der Waals surface area contributed by atoms with Crippen molar-refractivity contribution < 1.29 is 13.6 Å². The normalized spacial score (nSPS) is 18.5. The number of hydrogen-bond donors (Lipinski definition) is 2. The van der Waals surface area contributed by atoms with Crippen molar-refractivity contribution in [2.45, 2.75) is 19.3 Å². The summed E-state index contributed by atoms with van der Waals surface area (Å²) >= 11 is 0. The number of rotatable bonds is 5. The fraction of sp³-hybridized carbons (Fsp3) is 0.500. The summed E-state index contributed by atoms with van der Waals surface area (Å²) in [6, 6.07) is 3.44. The van der Waals surface area contributed by atoms with Gasteiger partial charge in [0.05, 0.1) is 0 Å². The number of nitrogens with one attached hydrogen (secondary N) is 2. The number of halogens is 2. The van der Waals surface area contributed by atoms with Crippen molar-refractivity contribution in [2.24, 2.45) is 5.92 Å². The van der Waals surface area contributed by atoms with Gasteiger partial charge in [-0.05, 0) is 43.5 Å². The van der Waals surface area contributed by atoms with Crippen molar-refractivity contribution in [3.63, 3.8) is 0 Å². The number of hydrogen-bond acceptors (Lipinski definition) is 2. The number of aryl methyl sites for hydroxylation is 1. The van der Waals surface area contributed by atoms with E-state index >= 15 is 0 Å². The predicted octanol–water partition coefficient (Wildman–Crippen LogP) is 1.62. The van der Waals surface area contributed by atoms with E-state index in [2.05, 4.69) is 10.6 Å². The smallest absolute Gasteiger partial charge is 0.220 e. The topological polar surface area (TPSA) is 41.1 Å². The molecule has 104 valence electrons. The first-order valence-electron chi connectivity index (χ1n) is 6.56. The van der Waals surface area contributed by atoms with Crippen molar-refractivity contribution in [2.75, 3.05) is 19.6 Å². The van der Waals surface area contributed by atoms with Crippen LogP contribution in [0.3, 0.4) is 0 Å². The molecule has 3 nitrogen and oxygen atoms in total. The summed E-state index contributed by atoms with van der Waals surface area (Å²) in [5.41, 5.74) is 0.374. The van der Waals surface area contributed by atoms with Crippen molar-refractivity contribution in [1.29, 1.82) is 0 Å². The Bertz CT molecular complexity index is 445. The van der Waals surface area contributed by atoms with Gasteiger partial charge in [0.1, 0.15) is 11.6 Å². The van der Waals surface area contributed by atoms with Gasteiger partial charge in [-0.1, -0.05) is 6.07 Å². The summed E-state index contributed by atoms with van der Waals surface area (Å²) in [5, 5.41) is 6.08. The second-order valence-corrected chi connectivity index (χ2v) is 4.90. The third kappa shape index (κ3) is 4.28. The summed E-state index contributed by atoms with van der Waals surface area (Å²) in [5.74, 6) is -0.783. The van der Waals surface area contributed by atoms with Crippen molar-refractivity contribution in [3.05, 3.63) is 35.4 Å². The molecule has 1 aromatic carbocycles. The summed E-state index contributed by atoms with van der Waals surface area (Å²) in [6.45, 7) is 2.60. The maximum atomic E-state index is 13.4. The fourth-order valence-corrected chi connectivity index (χ4v) is 2.21. The van der Waals surface area contributed by atoms with Gasteiger partial charge in [0, 0.05) is 19.0 Å². The van der Waals surface area contributed by atoms with Gasteiger partial charge in [0.15, 0.2) is 0 Å². The maximum absolute atomic E-state index is 13.4. The lowest BCUT2D eigenvalue weighted by Gasteiger charge is -2.10. The zero-order valence-electron chi connectivity index (χ0n) is 10.7. The summed E-state index contributed by atoms with van der Waals surface area (Å²) in [4.78, 5) is 11.6. The molecule has 1 aromatic rings. The molecule has 0 bridgehead atoms. The van der Waals surface area contributed by atoms with Crippen molar-refractivity contribution >= 4 is 5.91 Å². The minimum absolute atomic E-state index is 0.0874. The molecule has 1 unspecified atom stereocenters. The van der Waals surface area contributed by atoms with Gasteiger partial charge in [-0.2, -0.15) is 0 Å². The van der Waals surface area contributed by atoms with Crippen molar-refractivity contribution in [3.8, 4) is 0 Å². The molecule has 0 spiro atoms. The number of amides is 1. The van der Waals surface area contributed by atoms with Crippen LogP contribution in [0, 0.1) is 17.6 Å². The van der Waals surface area contributed by atoms with E-state index in [9.17, 15) is 13.6 Å². The SMILES string of the molecule is O=C(CCc1ccc(F)cc1F)NCC1CCNC1. The molecule has 0 aliphatic carbocycles. The Labute approximate surface area is 111 Å². The van der Waals surface area contributed by atoms with Crippen LogP contribution in [0.4, 0.5) is 8.78 Å². The van der Waals surface area contributed by atoms with E-state index in [4.69, 9.17) is 0 Å². The maximum Gasteiger partial charge on any atom is 0.220 e. The van der Waals surface area contributed by atoms with E-state index in [1.807, 2.05) is 0 Å². The Morgan fingerprint density at radius 3 is 2.95 bits per heavy atom. The second kappa shape index (κ2) is 6.61. The average molecular weight is 268 g/mol. The van der Waals surface area contributed by atoms with Crippen LogP contribution < -0.4 is 10.6 Å². The summed E-state index contributed by atoms with van der Waals surface area (Å²) < 4.78 is 26.1. The highest BCUT2D eigenvalue weighted by Crippen LogP contribution is 2.11. The molecule has 1 atom stereocenters. The van der Waals surface area contributed by atoms with Gasteiger partial charge in [0.2, 0.25) is 5.91 Å². The van der Waals surface area contributed by atoms with E-state index in [0.717, 1.165) is 25.6 Å². The summed E-state index contributed by atoms with van der Waals surface area (Å²) in [7, 11) is 0. The lowest BCUT2D eigenvalue weighted by molar-refractivity contribution is -0.121. The van der Waals surface area contributed by atoms with E-state index in [-0.39, 0.29) is 12.3 Å².